The van der Waals surface area contributed by atoms with Crippen molar-refractivity contribution < 1.29 is 14.1 Å². The van der Waals surface area contributed by atoms with Crippen molar-refractivity contribution in [1.82, 2.24) is 10.5 Å². The van der Waals surface area contributed by atoms with Gasteiger partial charge in [-0.25, -0.2) is 4.79 Å². The van der Waals surface area contributed by atoms with Crippen LogP contribution in [0, 0.1) is 0 Å². The minimum Gasteiger partial charge on any atom is -0.450 e. The first kappa shape index (κ1) is 10.5. The number of amides is 1. The Bertz CT molecular complexity index is 312. The number of alkyl carbamates (subject to hydrolysis) is 1. The zero-order chi connectivity index (χ0) is 10.4. The van der Waals surface area contributed by atoms with Crippen LogP contribution in [0.25, 0.3) is 0 Å². The molecular weight excluding hydrogens is 206 g/mol. The summed E-state index contributed by atoms with van der Waals surface area (Å²) >= 11 is 4.79. The predicted molar refractivity (Wildman–Crippen MR) is 52.9 cm³/mol. The Balaban J connectivity index is 2.33. The molecule has 0 saturated heterocycles. The maximum atomic E-state index is 10.9. The molecule has 76 valence electrons. The van der Waals surface area contributed by atoms with Crippen molar-refractivity contribution in [3.8, 4) is 0 Å². The lowest BCUT2D eigenvalue weighted by Crippen LogP contribution is -2.34. The average Bonchev–Trinajstić information content (AvgIpc) is 2.56. The van der Waals surface area contributed by atoms with Gasteiger partial charge < -0.3 is 14.6 Å². The Morgan fingerprint density at radius 3 is 3.14 bits per heavy atom. The molecule has 6 nitrogen and oxygen atoms in total. The van der Waals surface area contributed by atoms with Gasteiger partial charge in [0.2, 0.25) is 0 Å². The minimum absolute atomic E-state index is 0.109. The third-order valence-corrected chi connectivity index (χ3v) is 1.37. The van der Waals surface area contributed by atoms with Gasteiger partial charge in [0.1, 0.15) is 6.26 Å². The molecule has 1 heterocycles. The maximum absolute atomic E-state index is 10.9. The molecule has 0 spiro atoms. The van der Waals surface area contributed by atoms with E-state index in [2.05, 4.69) is 25.1 Å². The Morgan fingerprint density at radius 1 is 1.79 bits per heavy atom. The Morgan fingerprint density at radius 2 is 2.57 bits per heavy atom. The molecule has 0 aliphatic carbocycles. The van der Waals surface area contributed by atoms with Gasteiger partial charge in [-0.2, -0.15) is 0 Å². The van der Waals surface area contributed by atoms with Crippen LogP contribution >= 0.6 is 12.2 Å². The normalized spacial score (nSPS) is 9.21. The van der Waals surface area contributed by atoms with Gasteiger partial charge in [-0.05, 0) is 19.1 Å². The van der Waals surface area contributed by atoms with E-state index in [1.807, 2.05) is 0 Å². The van der Waals surface area contributed by atoms with Crippen LogP contribution in [-0.4, -0.2) is 23.0 Å². The second-order valence-electron chi connectivity index (χ2n) is 2.18. The molecule has 0 aromatic carbocycles. The first-order chi connectivity index (χ1) is 6.72. The molecule has 14 heavy (non-hydrogen) atoms. The highest BCUT2D eigenvalue weighted by Gasteiger charge is 2.05. The van der Waals surface area contributed by atoms with Crippen molar-refractivity contribution >= 4 is 29.2 Å². The van der Waals surface area contributed by atoms with E-state index in [1.165, 1.54) is 6.26 Å². The molecule has 1 amide bonds. The van der Waals surface area contributed by atoms with Crippen LogP contribution in [0.5, 0.6) is 0 Å². The smallest absolute Gasteiger partial charge is 0.413 e. The molecule has 0 aliphatic heterocycles. The molecule has 0 saturated carbocycles. The number of nitrogens with one attached hydrogen (secondary N) is 2. The lowest BCUT2D eigenvalue weighted by molar-refractivity contribution is 0.158. The van der Waals surface area contributed by atoms with E-state index in [0.29, 0.717) is 12.4 Å². The quantitative estimate of drug-likeness (QED) is 0.720. The molecule has 0 atom stereocenters. The summed E-state index contributed by atoms with van der Waals surface area (Å²) in [5, 5.41) is 8.57. The minimum atomic E-state index is -0.603. The molecule has 1 aromatic rings. The molecule has 1 rings (SSSR count). The fourth-order valence-electron chi connectivity index (χ4n) is 0.684. The van der Waals surface area contributed by atoms with E-state index >= 15 is 0 Å². The molecule has 7 heteroatoms. The lowest BCUT2D eigenvalue weighted by atomic mass is 10.6. The number of ether oxygens (including phenoxy) is 1. The number of carbonyl (C=O) groups excluding carboxylic acids is 1. The van der Waals surface area contributed by atoms with Gasteiger partial charge in [0.25, 0.3) is 0 Å². The highest BCUT2D eigenvalue weighted by atomic mass is 32.1. The molecule has 0 radical (unpaired) electrons. The van der Waals surface area contributed by atoms with Gasteiger partial charge in [0.05, 0.1) is 6.61 Å². The van der Waals surface area contributed by atoms with Crippen molar-refractivity contribution in [2.24, 2.45) is 0 Å². The van der Waals surface area contributed by atoms with E-state index in [4.69, 9.17) is 12.2 Å². The van der Waals surface area contributed by atoms with E-state index in [0.717, 1.165) is 0 Å². The average molecular weight is 215 g/mol. The molecule has 2 N–H and O–H groups in total. The summed E-state index contributed by atoms with van der Waals surface area (Å²) < 4.78 is 9.16. The lowest BCUT2D eigenvalue weighted by Gasteiger charge is -2.05. The summed E-state index contributed by atoms with van der Waals surface area (Å²) in [6.07, 6.45) is 0.781. The van der Waals surface area contributed by atoms with E-state index in [-0.39, 0.29) is 5.11 Å². The number of hydrogen-bond acceptors (Lipinski definition) is 5. The van der Waals surface area contributed by atoms with E-state index < -0.39 is 6.09 Å². The number of rotatable bonds is 2. The monoisotopic (exact) mass is 215 g/mol. The summed E-state index contributed by atoms with van der Waals surface area (Å²) in [5.74, 6) is 0.423. The first-order valence-corrected chi connectivity index (χ1v) is 4.28. The molecule has 0 bridgehead atoms. The number of hydrogen-bond donors (Lipinski definition) is 2. The summed E-state index contributed by atoms with van der Waals surface area (Å²) in [7, 11) is 0. The molecule has 0 unspecified atom stereocenters. The predicted octanol–water partition coefficient (Wildman–Crippen LogP) is 1.12. The first-order valence-electron chi connectivity index (χ1n) is 3.87. The Hall–Kier alpha value is -1.63. The molecule has 0 aliphatic rings. The van der Waals surface area contributed by atoms with Gasteiger partial charge in [-0.3, -0.25) is 5.32 Å². The zero-order valence-electron chi connectivity index (χ0n) is 7.44. The largest absolute Gasteiger partial charge is 0.450 e. The standard InChI is InChI=1S/C7H9N3O3S/c1-2-12-7(11)9-6(14)8-5-3-4-13-10-5/h3-4H,2H2,1H3,(H2,8,9,10,11,14). The maximum Gasteiger partial charge on any atom is 0.413 e. The van der Waals surface area contributed by atoms with Gasteiger partial charge in [0.15, 0.2) is 10.9 Å². The second kappa shape index (κ2) is 5.18. The Kier molecular flexibility index (Phi) is 3.86. The highest BCUT2D eigenvalue weighted by Crippen LogP contribution is 1.99. The molecule has 1 aromatic heterocycles. The third-order valence-electron chi connectivity index (χ3n) is 1.17. The van der Waals surface area contributed by atoms with Crippen molar-refractivity contribution in [2.45, 2.75) is 6.92 Å². The summed E-state index contributed by atoms with van der Waals surface area (Å²) in [6.45, 7) is 1.99. The second-order valence-corrected chi connectivity index (χ2v) is 2.59. The number of nitrogens with zero attached hydrogens (tertiary/aromatic N) is 1. The van der Waals surface area contributed by atoms with Crippen LogP contribution in [-0.2, 0) is 4.74 Å². The SMILES string of the molecule is CCOC(=O)NC(=S)Nc1ccon1. The number of carbonyl (C=O) groups is 1. The van der Waals surface area contributed by atoms with Gasteiger partial charge >= 0.3 is 6.09 Å². The highest BCUT2D eigenvalue weighted by molar-refractivity contribution is 7.80. The number of anilines is 1. The number of thiocarbonyl (C=S) groups is 1. The molecule has 0 fully saturated rings. The van der Waals surface area contributed by atoms with Crippen LogP contribution in [0.2, 0.25) is 0 Å². The van der Waals surface area contributed by atoms with E-state index in [1.54, 1.807) is 13.0 Å². The van der Waals surface area contributed by atoms with E-state index in [9.17, 15) is 4.79 Å². The van der Waals surface area contributed by atoms with Crippen LogP contribution in [0.3, 0.4) is 0 Å². The number of aromatic nitrogens is 1. The van der Waals surface area contributed by atoms with Crippen molar-refractivity contribution in [2.75, 3.05) is 11.9 Å². The topological polar surface area (TPSA) is 76.4 Å². The van der Waals surface area contributed by atoms with Crippen molar-refractivity contribution in [3.05, 3.63) is 12.3 Å². The van der Waals surface area contributed by atoms with Crippen molar-refractivity contribution in [1.29, 1.82) is 0 Å². The fourth-order valence-corrected chi connectivity index (χ4v) is 0.872. The van der Waals surface area contributed by atoms with Crippen LogP contribution < -0.4 is 10.6 Å². The Labute approximate surface area is 85.6 Å². The van der Waals surface area contributed by atoms with Crippen LogP contribution in [0.4, 0.5) is 10.6 Å². The zero-order valence-corrected chi connectivity index (χ0v) is 8.26. The molecular formula is C7H9N3O3S. The fraction of sp³-hybridized carbons (Fsp3) is 0.286. The summed E-state index contributed by atoms with van der Waals surface area (Å²) in [5.41, 5.74) is 0. The summed E-state index contributed by atoms with van der Waals surface area (Å²) in [6, 6.07) is 1.57. The van der Waals surface area contributed by atoms with Gasteiger partial charge in [-0.15, -0.1) is 0 Å². The van der Waals surface area contributed by atoms with Crippen LogP contribution in [0.15, 0.2) is 16.9 Å². The van der Waals surface area contributed by atoms with Gasteiger partial charge in [0, 0.05) is 6.07 Å². The van der Waals surface area contributed by atoms with Gasteiger partial charge in [-0.1, -0.05) is 5.16 Å². The third kappa shape index (κ3) is 3.40. The van der Waals surface area contributed by atoms with Crippen molar-refractivity contribution in [3.63, 3.8) is 0 Å². The van der Waals surface area contributed by atoms with Crippen LogP contribution in [0.1, 0.15) is 6.92 Å². The summed E-state index contributed by atoms with van der Waals surface area (Å²) in [4.78, 5) is 10.9.